The van der Waals surface area contributed by atoms with Gasteiger partial charge >= 0.3 is 0 Å². The lowest BCUT2D eigenvalue weighted by molar-refractivity contribution is -0.0741. The van der Waals surface area contributed by atoms with Gasteiger partial charge in [0, 0.05) is 18.8 Å². The van der Waals surface area contributed by atoms with Gasteiger partial charge in [0.25, 0.3) is 0 Å². The summed E-state index contributed by atoms with van der Waals surface area (Å²) in [5.41, 5.74) is 0.535. The molecule has 1 saturated heterocycles. The van der Waals surface area contributed by atoms with Gasteiger partial charge < -0.3 is 14.6 Å². The van der Waals surface area contributed by atoms with E-state index >= 15 is 0 Å². The molecule has 4 nitrogen and oxygen atoms in total. The normalized spacial score (nSPS) is 20.1. The molecule has 1 N–H and O–H groups in total. The summed E-state index contributed by atoms with van der Waals surface area (Å²) in [5, 5.41) is 3.05. The van der Waals surface area contributed by atoms with Crippen molar-refractivity contribution in [2.24, 2.45) is 0 Å². The number of benzene rings is 1. The van der Waals surface area contributed by atoms with Gasteiger partial charge in [-0.2, -0.15) is 0 Å². The quantitative estimate of drug-likeness (QED) is 0.758. The zero-order valence-electron chi connectivity index (χ0n) is 8.85. The number of rotatable bonds is 5. The van der Waals surface area contributed by atoms with E-state index in [-0.39, 0.29) is 5.75 Å². The van der Waals surface area contributed by atoms with Crippen LogP contribution in [0.25, 0.3) is 0 Å². The highest BCUT2D eigenvalue weighted by Gasteiger charge is 2.38. The van der Waals surface area contributed by atoms with Crippen molar-refractivity contribution in [1.29, 1.82) is 0 Å². The molecule has 0 aromatic heterocycles. The van der Waals surface area contributed by atoms with E-state index in [2.05, 4.69) is 5.32 Å². The Morgan fingerprint density at radius 1 is 1.38 bits per heavy atom. The maximum atomic E-state index is 10.7. The van der Waals surface area contributed by atoms with Crippen molar-refractivity contribution in [1.82, 2.24) is 5.32 Å². The molecule has 2 rings (SSSR count). The second-order valence-corrected chi connectivity index (χ2v) is 4.91. The van der Waals surface area contributed by atoms with E-state index < -0.39 is 16.7 Å². The Hall–Kier alpha value is -0.750. The van der Waals surface area contributed by atoms with E-state index in [0.717, 1.165) is 5.56 Å². The predicted molar refractivity (Wildman–Crippen MR) is 60.6 cm³/mol. The Labute approximate surface area is 97.3 Å². The van der Waals surface area contributed by atoms with Crippen molar-refractivity contribution in [2.45, 2.75) is 12.2 Å². The van der Waals surface area contributed by atoms with Gasteiger partial charge in [0.1, 0.15) is 5.60 Å². The molecule has 0 radical (unpaired) electrons. The van der Waals surface area contributed by atoms with Crippen LogP contribution in [0.3, 0.4) is 0 Å². The Bertz CT molecular complexity index is 365. The summed E-state index contributed by atoms with van der Waals surface area (Å²) in [7, 11) is 0. The van der Waals surface area contributed by atoms with E-state index in [4.69, 9.17) is 4.74 Å². The molecule has 0 amide bonds. The van der Waals surface area contributed by atoms with Crippen LogP contribution in [0.1, 0.15) is 5.56 Å². The van der Waals surface area contributed by atoms with E-state index in [0.29, 0.717) is 19.7 Å². The Morgan fingerprint density at radius 3 is 2.56 bits per heavy atom. The van der Waals surface area contributed by atoms with E-state index in [1.54, 1.807) is 0 Å². The fourth-order valence-corrected chi connectivity index (χ4v) is 2.39. The molecule has 0 saturated carbocycles. The monoisotopic (exact) mass is 240 g/mol. The molecule has 16 heavy (non-hydrogen) atoms. The maximum absolute atomic E-state index is 10.7. The molecular formula is C11H14NO3S-. The van der Waals surface area contributed by atoms with Crippen LogP contribution < -0.4 is 5.32 Å². The third-order valence-corrected chi connectivity index (χ3v) is 3.42. The Kier molecular flexibility index (Phi) is 3.70. The van der Waals surface area contributed by atoms with Crippen LogP contribution in [0.4, 0.5) is 0 Å². The molecule has 1 heterocycles. The highest BCUT2D eigenvalue weighted by atomic mass is 32.2. The van der Waals surface area contributed by atoms with Crippen LogP contribution in [0.5, 0.6) is 0 Å². The number of nitrogens with one attached hydrogen (secondary N) is 1. The average molecular weight is 240 g/mol. The van der Waals surface area contributed by atoms with Gasteiger partial charge in [-0.25, -0.2) is 0 Å². The standard InChI is InChI=1S/C11H15NO3S/c13-16(14)9-11(7-12-8-11)15-6-10-4-2-1-3-5-10/h1-5,12H,6-9H2,(H,13,14)/p-1. The summed E-state index contributed by atoms with van der Waals surface area (Å²) in [6, 6.07) is 9.76. The summed E-state index contributed by atoms with van der Waals surface area (Å²) in [6.45, 7) is 1.67. The molecule has 1 atom stereocenters. The second kappa shape index (κ2) is 5.05. The largest absolute Gasteiger partial charge is 0.772 e. The van der Waals surface area contributed by atoms with E-state index in [1.807, 2.05) is 30.3 Å². The zero-order valence-corrected chi connectivity index (χ0v) is 9.66. The molecule has 1 unspecified atom stereocenters. The average Bonchev–Trinajstić information content (AvgIpc) is 2.23. The van der Waals surface area contributed by atoms with Crippen LogP contribution in [-0.4, -0.2) is 33.2 Å². The van der Waals surface area contributed by atoms with Gasteiger partial charge in [-0.15, -0.1) is 0 Å². The van der Waals surface area contributed by atoms with Crippen LogP contribution in [0.15, 0.2) is 30.3 Å². The van der Waals surface area contributed by atoms with Gasteiger partial charge in [0.05, 0.1) is 6.61 Å². The van der Waals surface area contributed by atoms with Crippen molar-refractivity contribution in [3.05, 3.63) is 35.9 Å². The zero-order chi connectivity index (χ0) is 11.4. The summed E-state index contributed by atoms with van der Waals surface area (Å²) in [4.78, 5) is 0. The first-order valence-electron chi connectivity index (χ1n) is 5.15. The minimum absolute atomic E-state index is 0.0623. The van der Waals surface area contributed by atoms with Crippen LogP contribution in [0, 0.1) is 0 Å². The smallest absolute Gasteiger partial charge is 0.104 e. The topological polar surface area (TPSA) is 61.4 Å². The Balaban J connectivity index is 1.90. The van der Waals surface area contributed by atoms with Crippen molar-refractivity contribution < 1.29 is 13.5 Å². The summed E-state index contributed by atoms with van der Waals surface area (Å²) < 4.78 is 27.1. The lowest BCUT2D eigenvalue weighted by Gasteiger charge is -2.42. The molecule has 1 aromatic rings. The maximum Gasteiger partial charge on any atom is 0.104 e. The fourth-order valence-electron chi connectivity index (χ4n) is 1.68. The second-order valence-electron chi connectivity index (χ2n) is 4.01. The van der Waals surface area contributed by atoms with Gasteiger partial charge in [-0.3, -0.25) is 4.21 Å². The summed E-state index contributed by atoms with van der Waals surface area (Å²) in [6.07, 6.45) is 0. The van der Waals surface area contributed by atoms with Gasteiger partial charge in [0.15, 0.2) is 0 Å². The summed E-state index contributed by atoms with van der Waals surface area (Å²) in [5.74, 6) is 0.0623. The molecule has 1 fully saturated rings. The van der Waals surface area contributed by atoms with E-state index in [9.17, 15) is 8.76 Å². The SMILES string of the molecule is O=S([O-])CC1(OCc2ccccc2)CNC1. The third kappa shape index (κ3) is 2.89. The summed E-state index contributed by atoms with van der Waals surface area (Å²) >= 11 is -2.06. The molecule has 1 aliphatic heterocycles. The molecule has 0 bridgehead atoms. The molecule has 1 aromatic carbocycles. The van der Waals surface area contributed by atoms with Crippen molar-refractivity contribution in [3.63, 3.8) is 0 Å². The lowest BCUT2D eigenvalue weighted by Crippen LogP contribution is -2.63. The first kappa shape index (κ1) is 11.7. The van der Waals surface area contributed by atoms with Gasteiger partial charge in [-0.05, 0) is 5.56 Å². The number of hydrogen-bond acceptors (Lipinski definition) is 4. The highest BCUT2D eigenvalue weighted by molar-refractivity contribution is 7.79. The predicted octanol–water partition coefficient (Wildman–Crippen LogP) is 0.424. The highest BCUT2D eigenvalue weighted by Crippen LogP contribution is 2.20. The number of ether oxygens (including phenoxy) is 1. The van der Waals surface area contributed by atoms with Gasteiger partial charge in [-0.1, -0.05) is 41.4 Å². The molecule has 0 aliphatic carbocycles. The minimum Gasteiger partial charge on any atom is -0.772 e. The number of hydrogen-bond donors (Lipinski definition) is 1. The molecular weight excluding hydrogens is 226 g/mol. The first-order valence-corrected chi connectivity index (χ1v) is 6.39. The van der Waals surface area contributed by atoms with Crippen LogP contribution in [-0.2, 0) is 22.4 Å². The lowest BCUT2D eigenvalue weighted by atomic mass is 9.99. The molecule has 5 heteroatoms. The molecule has 88 valence electrons. The minimum atomic E-state index is -2.06. The van der Waals surface area contributed by atoms with Crippen molar-refractivity contribution in [2.75, 3.05) is 18.8 Å². The Morgan fingerprint density at radius 2 is 2.06 bits per heavy atom. The first-order chi connectivity index (χ1) is 7.70. The fraction of sp³-hybridized carbons (Fsp3) is 0.455. The van der Waals surface area contributed by atoms with Crippen LogP contribution in [0.2, 0.25) is 0 Å². The van der Waals surface area contributed by atoms with Crippen molar-refractivity contribution in [3.8, 4) is 0 Å². The van der Waals surface area contributed by atoms with Crippen molar-refractivity contribution >= 4 is 11.1 Å². The molecule has 1 aliphatic rings. The van der Waals surface area contributed by atoms with Gasteiger partial charge in [0.2, 0.25) is 0 Å². The third-order valence-electron chi connectivity index (χ3n) is 2.66. The molecule has 0 spiro atoms. The van der Waals surface area contributed by atoms with E-state index in [1.165, 1.54) is 0 Å². The van der Waals surface area contributed by atoms with Crippen LogP contribution >= 0.6 is 0 Å².